The Morgan fingerprint density at radius 2 is 2.10 bits per heavy atom. The van der Waals surface area contributed by atoms with Crippen molar-refractivity contribution in [1.29, 1.82) is 0 Å². The van der Waals surface area contributed by atoms with Crippen molar-refractivity contribution in [2.75, 3.05) is 6.54 Å². The molecule has 0 bridgehead atoms. The van der Waals surface area contributed by atoms with E-state index in [1.54, 1.807) is 6.92 Å². The van der Waals surface area contributed by atoms with E-state index in [-0.39, 0.29) is 39.9 Å². The number of hydrogen-bond donors (Lipinski definition) is 1. The Bertz CT molecular complexity index is 1210. The number of nitrogens with one attached hydrogen (secondary N) is 1. The van der Waals surface area contributed by atoms with Crippen molar-refractivity contribution in [2.45, 2.75) is 19.5 Å². The van der Waals surface area contributed by atoms with Gasteiger partial charge >= 0.3 is 6.18 Å². The van der Waals surface area contributed by atoms with Gasteiger partial charge in [-0.1, -0.05) is 12.1 Å². The maximum absolute atomic E-state index is 14.3. The van der Waals surface area contributed by atoms with E-state index in [0.717, 1.165) is 27.9 Å². The van der Waals surface area contributed by atoms with E-state index in [0.29, 0.717) is 6.07 Å². The number of amides is 1. The van der Waals surface area contributed by atoms with Gasteiger partial charge in [-0.15, -0.1) is 11.3 Å². The summed E-state index contributed by atoms with van der Waals surface area (Å²) in [5.41, 5.74) is -2.51. The Kier molecular flexibility index (Phi) is 5.39. The smallest absolute Gasteiger partial charge is 0.352 e. The second kappa shape index (κ2) is 7.63. The van der Waals surface area contributed by atoms with E-state index in [2.05, 4.69) is 15.1 Å². The summed E-state index contributed by atoms with van der Waals surface area (Å²) in [6, 6.07) is 3.88. The maximum atomic E-state index is 14.3. The first-order valence-electron chi connectivity index (χ1n) is 8.23. The first-order valence-corrected chi connectivity index (χ1v) is 9.04. The second-order valence-electron chi connectivity index (χ2n) is 5.88. The summed E-state index contributed by atoms with van der Waals surface area (Å²) in [5, 5.41) is 2.45. The van der Waals surface area contributed by atoms with Crippen LogP contribution in [0, 0.1) is 12.4 Å². The summed E-state index contributed by atoms with van der Waals surface area (Å²) in [7, 11) is 0. The molecule has 2 aromatic heterocycles. The number of halogens is 4. The Labute approximate surface area is 165 Å². The summed E-state index contributed by atoms with van der Waals surface area (Å²) in [6.07, 6.45) is -5.21. The summed E-state index contributed by atoms with van der Waals surface area (Å²) in [5.74, 6) is -2.05. The molecule has 6 nitrogen and oxygen atoms in total. The van der Waals surface area contributed by atoms with Crippen LogP contribution in [0.1, 0.15) is 34.2 Å². The molecule has 3 rings (SSSR count). The van der Waals surface area contributed by atoms with Crippen molar-refractivity contribution < 1.29 is 22.4 Å². The molecular formula is C18H12F4N4O2S. The number of nitrogens with zero attached hydrogens (tertiary/aromatic N) is 3. The molecule has 3 aromatic rings. The van der Waals surface area contributed by atoms with Crippen molar-refractivity contribution in [2.24, 2.45) is 0 Å². The van der Waals surface area contributed by atoms with Crippen LogP contribution in [0.4, 0.5) is 22.6 Å². The molecule has 0 aliphatic carbocycles. The van der Waals surface area contributed by atoms with Crippen LogP contribution < -0.4 is 10.9 Å². The highest BCUT2D eigenvalue weighted by molar-refractivity contribution is 7.21. The van der Waals surface area contributed by atoms with Crippen LogP contribution in [-0.2, 0) is 12.6 Å². The number of benzene rings is 1. The summed E-state index contributed by atoms with van der Waals surface area (Å²) >= 11 is 0.792. The molecule has 0 aliphatic heterocycles. The lowest BCUT2D eigenvalue weighted by Gasteiger charge is -2.11. The molecule has 0 radical (unpaired) electrons. The summed E-state index contributed by atoms with van der Waals surface area (Å²) in [4.78, 5) is 32.2. The first kappa shape index (κ1) is 20.5. The van der Waals surface area contributed by atoms with Crippen LogP contribution in [0.25, 0.3) is 9.81 Å². The summed E-state index contributed by atoms with van der Waals surface area (Å²) < 4.78 is 53.9. The zero-order chi connectivity index (χ0) is 21.3. The van der Waals surface area contributed by atoms with Crippen LogP contribution in [0.15, 0.2) is 29.1 Å². The molecule has 29 heavy (non-hydrogen) atoms. The number of carbonyl (C=O) groups excluding carboxylic acids is 1. The van der Waals surface area contributed by atoms with Gasteiger partial charge in [0.05, 0.1) is 17.8 Å². The number of carbonyl (C=O) groups is 1. The third-order valence-corrected chi connectivity index (χ3v) is 4.90. The van der Waals surface area contributed by atoms with Gasteiger partial charge in [-0.3, -0.25) is 14.0 Å². The van der Waals surface area contributed by atoms with Crippen molar-refractivity contribution in [3.8, 4) is 0 Å². The first-order chi connectivity index (χ1) is 13.7. The van der Waals surface area contributed by atoms with Gasteiger partial charge in [0, 0.05) is 19.0 Å². The second-order valence-corrected chi connectivity index (χ2v) is 6.84. The number of alkyl halides is 3. The maximum Gasteiger partial charge on any atom is 0.419 e. The minimum Gasteiger partial charge on any atom is -0.352 e. The van der Waals surface area contributed by atoms with Gasteiger partial charge in [0.25, 0.3) is 16.5 Å². The molecule has 11 heteroatoms. The van der Waals surface area contributed by atoms with Crippen LogP contribution in [-0.4, -0.2) is 21.8 Å². The van der Waals surface area contributed by atoms with Gasteiger partial charge in [-0.05, 0) is 18.6 Å². The standard InChI is InChI=1S/C18H12F4N4O2S/c1-3-24-15(28)14-16(23-2)29-17-25-10(8-12(27)26(14)17)7-9-5-4-6-11(13(9)19)18(20,21)22/h4-6,8H,3,7H2,1H3,(H,24,28). The fourth-order valence-corrected chi connectivity index (χ4v) is 3.69. The van der Waals surface area contributed by atoms with E-state index in [1.165, 1.54) is 6.07 Å². The largest absolute Gasteiger partial charge is 0.419 e. The van der Waals surface area contributed by atoms with Crippen LogP contribution in [0.5, 0.6) is 0 Å². The highest BCUT2D eigenvalue weighted by Gasteiger charge is 2.34. The predicted molar refractivity (Wildman–Crippen MR) is 97.8 cm³/mol. The van der Waals surface area contributed by atoms with Gasteiger partial charge in [-0.25, -0.2) is 14.2 Å². The number of rotatable bonds is 4. The molecule has 0 aliphatic rings. The fourth-order valence-electron chi connectivity index (χ4n) is 2.75. The molecule has 0 atom stereocenters. The lowest BCUT2D eigenvalue weighted by molar-refractivity contribution is -0.140. The van der Waals surface area contributed by atoms with E-state index in [1.807, 2.05) is 0 Å². The monoisotopic (exact) mass is 424 g/mol. The predicted octanol–water partition coefficient (Wildman–Crippen LogP) is 3.81. The molecule has 2 heterocycles. The number of hydrogen-bond acceptors (Lipinski definition) is 4. The Morgan fingerprint density at radius 1 is 1.38 bits per heavy atom. The van der Waals surface area contributed by atoms with Gasteiger partial charge in [0.15, 0.2) is 4.96 Å². The molecule has 0 spiro atoms. The zero-order valence-corrected chi connectivity index (χ0v) is 15.6. The number of thiazole rings is 1. The summed E-state index contributed by atoms with van der Waals surface area (Å²) in [6.45, 7) is 9.17. The van der Waals surface area contributed by atoms with Crippen molar-refractivity contribution in [3.63, 3.8) is 0 Å². The molecule has 150 valence electrons. The normalized spacial score (nSPS) is 11.4. The SMILES string of the molecule is [C-]#[N+]c1sc2nc(Cc3cccc(C(F)(F)F)c3F)cc(=O)n2c1C(=O)NCC. The fraction of sp³-hybridized carbons (Fsp3) is 0.222. The molecule has 0 fully saturated rings. The van der Waals surface area contributed by atoms with Gasteiger partial charge in [-0.2, -0.15) is 13.2 Å². The van der Waals surface area contributed by atoms with Crippen molar-refractivity contribution in [1.82, 2.24) is 14.7 Å². The van der Waals surface area contributed by atoms with Gasteiger partial charge < -0.3 is 5.32 Å². The molecule has 1 amide bonds. The van der Waals surface area contributed by atoms with Crippen molar-refractivity contribution in [3.05, 3.63) is 74.4 Å². The van der Waals surface area contributed by atoms with Crippen molar-refractivity contribution >= 4 is 27.2 Å². The lowest BCUT2D eigenvalue weighted by atomic mass is 10.0. The highest BCUT2D eigenvalue weighted by atomic mass is 32.1. The Morgan fingerprint density at radius 3 is 2.72 bits per heavy atom. The average Bonchev–Trinajstić information content (AvgIpc) is 3.02. The Balaban J connectivity index is 2.10. The molecule has 0 saturated carbocycles. The van der Waals surface area contributed by atoms with Crippen LogP contribution in [0.2, 0.25) is 0 Å². The van der Waals surface area contributed by atoms with Gasteiger partial charge in [0.2, 0.25) is 0 Å². The molecule has 0 unspecified atom stereocenters. The van der Waals surface area contributed by atoms with E-state index in [4.69, 9.17) is 6.57 Å². The molecule has 1 aromatic carbocycles. The van der Waals surface area contributed by atoms with Crippen LogP contribution in [0.3, 0.4) is 0 Å². The van der Waals surface area contributed by atoms with Gasteiger partial charge in [0.1, 0.15) is 11.5 Å². The van der Waals surface area contributed by atoms with Crippen LogP contribution >= 0.6 is 11.3 Å². The van der Waals surface area contributed by atoms with E-state index < -0.39 is 29.0 Å². The highest BCUT2D eigenvalue weighted by Crippen LogP contribution is 2.33. The third-order valence-electron chi connectivity index (χ3n) is 3.96. The third kappa shape index (κ3) is 3.84. The topological polar surface area (TPSA) is 67.8 Å². The minimum atomic E-state index is -4.85. The average molecular weight is 424 g/mol. The zero-order valence-electron chi connectivity index (χ0n) is 14.8. The Hall–Kier alpha value is -3.26. The van der Waals surface area contributed by atoms with E-state index in [9.17, 15) is 27.2 Å². The minimum absolute atomic E-state index is 0.0205. The molecule has 1 N–H and O–H groups in total. The molecular weight excluding hydrogens is 412 g/mol. The number of fused-ring (bicyclic) bond motifs is 1. The molecule has 0 saturated heterocycles. The quantitative estimate of drug-likeness (QED) is 0.512. The number of aromatic nitrogens is 2. The van der Waals surface area contributed by atoms with E-state index >= 15 is 0 Å². The lowest BCUT2D eigenvalue weighted by Crippen LogP contribution is -2.27.